The Morgan fingerprint density at radius 2 is 1.60 bits per heavy atom. The summed E-state index contributed by atoms with van der Waals surface area (Å²) in [6.07, 6.45) is 2.97. The van der Waals surface area contributed by atoms with Gasteiger partial charge >= 0.3 is 0 Å². The summed E-state index contributed by atoms with van der Waals surface area (Å²) in [5.41, 5.74) is 3.28. The lowest BCUT2D eigenvalue weighted by molar-refractivity contribution is 0.289. The normalized spacial score (nSPS) is 11.2. The number of hydrogen-bond donors (Lipinski definition) is 0. The monoisotopic (exact) mass is 338 g/mol. The van der Waals surface area contributed by atoms with Crippen LogP contribution in [0.2, 0.25) is 0 Å². The smallest absolute Gasteiger partial charge is 0.119 e. The van der Waals surface area contributed by atoms with Gasteiger partial charge in [0, 0.05) is 25.0 Å². The Bertz CT molecular complexity index is 641. The lowest BCUT2D eigenvalue weighted by atomic mass is 10.1. The summed E-state index contributed by atoms with van der Waals surface area (Å²) >= 11 is 0. The van der Waals surface area contributed by atoms with Crippen LogP contribution in [-0.4, -0.2) is 25.9 Å². The maximum atomic E-state index is 5.74. The van der Waals surface area contributed by atoms with Crippen molar-refractivity contribution >= 4 is 17.6 Å². The third kappa shape index (κ3) is 6.26. The summed E-state index contributed by atoms with van der Waals surface area (Å²) in [6.45, 7) is 11.6. The molecule has 0 aliphatic carbocycles. The van der Waals surface area contributed by atoms with Crippen molar-refractivity contribution in [3.63, 3.8) is 0 Å². The van der Waals surface area contributed by atoms with Crippen molar-refractivity contribution in [2.45, 2.75) is 34.1 Å². The fraction of sp³-hybridized carbons (Fsp3) is 0.409. The zero-order valence-electron chi connectivity index (χ0n) is 15.9. The van der Waals surface area contributed by atoms with Crippen molar-refractivity contribution in [2.75, 3.05) is 24.6 Å². The molecule has 2 aromatic rings. The Morgan fingerprint density at radius 3 is 2.16 bits per heavy atom. The molecule has 0 aliphatic heterocycles. The topological polar surface area (TPSA) is 24.8 Å². The van der Waals surface area contributed by atoms with Crippen molar-refractivity contribution in [3.8, 4) is 5.75 Å². The standard InChI is InChI=1S/C22H30N2O/c1-5-24(6-2)21-11-9-20(10-12-21)23-17-19-7-13-22(14-8-19)25-16-15-18(3)4/h7-14,17-18H,5-6,15-16H2,1-4H3. The molecule has 0 heterocycles. The van der Waals surface area contributed by atoms with E-state index in [0.717, 1.165) is 43.1 Å². The first-order valence-electron chi connectivity index (χ1n) is 9.24. The highest BCUT2D eigenvalue weighted by molar-refractivity contribution is 5.82. The van der Waals surface area contributed by atoms with Crippen molar-refractivity contribution in [3.05, 3.63) is 54.1 Å². The average Bonchev–Trinajstić information content (AvgIpc) is 2.63. The first kappa shape index (κ1) is 19.0. The number of anilines is 1. The number of ether oxygens (including phenoxy) is 1. The lowest BCUT2D eigenvalue weighted by Gasteiger charge is -2.20. The second-order valence-corrected chi connectivity index (χ2v) is 6.55. The van der Waals surface area contributed by atoms with Crippen molar-refractivity contribution in [2.24, 2.45) is 10.9 Å². The second-order valence-electron chi connectivity index (χ2n) is 6.55. The molecule has 2 rings (SSSR count). The van der Waals surface area contributed by atoms with Gasteiger partial charge in [-0.15, -0.1) is 0 Å². The van der Waals surface area contributed by atoms with Crippen molar-refractivity contribution in [1.29, 1.82) is 0 Å². The van der Waals surface area contributed by atoms with Crippen LogP contribution in [-0.2, 0) is 0 Å². The van der Waals surface area contributed by atoms with Crippen LogP contribution in [0, 0.1) is 5.92 Å². The van der Waals surface area contributed by atoms with Crippen LogP contribution in [0.3, 0.4) is 0 Å². The number of aliphatic imine (C=N–C) groups is 1. The molecule has 0 aliphatic rings. The number of rotatable bonds is 9. The Kier molecular flexibility index (Phi) is 7.52. The second kappa shape index (κ2) is 9.87. The lowest BCUT2D eigenvalue weighted by Crippen LogP contribution is -2.21. The Morgan fingerprint density at radius 1 is 0.960 bits per heavy atom. The van der Waals surface area contributed by atoms with Crippen LogP contribution in [0.15, 0.2) is 53.5 Å². The van der Waals surface area contributed by atoms with E-state index in [9.17, 15) is 0 Å². The van der Waals surface area contributed by atoms with Gasteiger partial charge in [-0.3, -0.25) is 4.99 Å². The highest BCUT2D eigenvalue weighted by Crippen LogP contribution is 2.20. The van der Waals surface area contributed by atoms with Gasteiger partial charge in [-0.25, -0.2) is 0 Å². The molecule has 0 unspecified atom stereocenters. The van der Waals surface area contributed by atoms with Gasteiger partial charge in [-0.1, -0.05) is 13.8 Å². The van der Waals surface area contributed by atoms with Gasteiger partial charge in [0.05, 0.1) is 12.3 Å². The highest BCUT2D eigenvalue weighted by Gasteiger charge is 2.01. The Balaban J connectivity index is 1.92. The van der Waals surface area contributed by atoms with E-state index in [0.29, 0.717) is 5.92 Å². The van der Waals surface area contributed by atoms with E-state index in [2.05, 4.69) is 61.9 Å². The van der Waals surface area contributed by atoms with Crippen LogP contribution in [0.25, 0.3) is 0 Å². The Labute approximate surface area is 152 Å². The van der Waals surface area contributed by atoms with Gasteiger partial charge in [-0.05, 0) is 80.3 Å². The Hall–Kier alpha value is -2.29. The molecule has 3 nitrogen and oxygen atoms in total. The molecule has 0 bridgehead atoms. The molecule has 3 heteroatoms. The van der Waals surface area contributed by atoms with E-state index in [-0.39, 0.29) is 0 Å². The SMILES string of the molecule is CCN(CC)c1ccc(N=Cc2ccc(OCCC(C)C)cc2)cc1. The van der Waals surface area contributed by atoms with E-state index >= 15 is 0 Å². The van der Waals surface area contributed by atoms with Crippen LogP contribution in [0.1, 0.15) is 39.7 Å². The maximum absolute atomic E-state index is 5.74. The molecule has 2 aromatic carbocycles. The molecule has 0 fully saturated rings. The first-order valence-corrected chi connectivity index (χ1v) is 9.24. The van der Waals surface area contributed by atoms with Crippen molar-refractivity contribution < 1.29 is 4.74 Å². The molecule has 0 radical (unpaired) electrons. The molecule has 0 spiro atoms. The molecule has 0 saturated heterocycles. The molecule has 134 valence electrons. The summed E-state index contributed by atoms with van der Waals surface area (Å²) in [5, 5.41) is 0. The van der Waals surface area contributed by atoms with Crippen molar-refractivity contribution in [1.82, 2.24) is 0 Å². The largest absolute Gasteiger partial charge is 0.494 e. The minimum Gasteiger partial charge on any atom is -0.494 e. The highest BCUT2D eigenvalue weighted by atomic mass is 16.5. The molecular formula is C22H30N2O. The quantitative estimate of drug-likeness (QED) is 0.547. The predicted octanol–water partition coefficient (Wildman–Crippen LogP) is 5.71. The van der Waals surface area contributed by atoms with Crippen LogP contribution < -0.4 is 9.64 Å². The molecule has 0 aromatic heterocycles. The summed E-state index contributed by atoms with van der Waals surface area (Å²) < 4.78 is 5.74. The van der Waals surface area contributed by atoms with Crippen LogP contribution in [0.5, 0.6) is 5.75 Å². The molecule has 0 N–H and O–H groups in total. The molecule has 0 saturated carbocycles. The van der Waals surface area contributed by atoms with E-state index in [1.807, 2.05) is 30.5 Å². The van der Waals surface area contributed by atoms with Gasteiger partial charge in [-0.2, -0.15) is 0 Å². The summed E-state index contributed by atoms with van der Waals surface area (Å²) in [4.78, 5) is 6.88. The zero-order valence-corrected chi connectivity index (χ0v) is 15.9. The van der Waals surface area contributed by atoms with E-state index in [4.69, 9.17) is 4.74 Å². The average molecular weight is 338 g/mol. The van der Waals surface area contributed by atoms with Crippen LogP contribution in [0.4, 0.5) is 11.4 Å². The third-order valence-corrected chi connectivity index (χ3v) is 4.19. The van der Waals surface area contributed by atoms with E-state index in [1.165, 1.54) is 5.69 Å². The predicted molar refractivity (Wildman–Crippen MR) is 109 cm³/mol. The van der Waals surface area contributed by atoms with Gasteiger partial charge < -0.3 is 9.64 Å². The van der Waals surface area contributed by atoms with Gasteiger partial charge in [0.25, 0.3) is 0 Å². The van der Waals surface area contributed by atoms with Gasteiger partial charge in [0.2, 0.25) is 0 Å². The van der Waals surface area contributed by atoms with Crippen LogP contribution >= 0.6 is 0 Å². The fourth-order valence-electron chi connectivity index (χ4n) is 2.55. The van der Waals surface area contributed by atoms with Gasteiger partial charge in [0.1, 0.15) is 5.75 Å². The van der Waals surface area contributed by atoms with E-state index < -0.39 is 0 Å². The first-order chi connectivity index (χ1) is 12.1. The number of benzene rings is 2. The fourth-order valence-corrected chi connectivity index (χ4v) is 2.55. The zero-order chi connectivity index (χ0) is 18.1. The minimum absolute atomic E-state index is 0.666. The summed E-state index contributed by atoms with van der Waals surface area (Å²) in [6, 6.07) is 16.5. The molecule has 25 heavy (non-hydrogen) atoms. The number of hydrogen-bond acceptors (Lipinski definition) is 3. The van der Waals surface area contributed by atoms with Gasteiger partial charge in [0.15, 0.2) is 0 Å². The van der Waals surface area contributed by atoms with E-state index in [1.54, 1.807) is 0 Å². The maximum Gasteiger partial charge on any atom is 0.119 e. The minimum atomic E-state index is 0.666. The summed E-state index contributed by atoms with van der Waals surface area (Å²) in [7, 11) is 0. The molecular weight excluding hydrogens is 308 g/mol. The molecule has 0 atom stereocenters. The third-order valence-electron chi connectivity index (χ3n) is 4.19. The molecule has 0 amide bonds. The number of nitrogens with zero attached hydrogens (tertiary/aromatic N) is 2. The summed E-state index contributed by atoms with van der Waals surface area (Å²) in [5.74, 6) is 1.58.